The van der Waals surface area contributed by atoms with Gasteiger partial charge in [0.15, 0.2) is 17.3 Å². The molecule has 0 saturated carbocycles. The molecule has 130 valence electrons. The zero-order valence-corrected chi connectivity index (χ0v) is 14.9. The van der Waals surface area contributed by atoms with Gasteiger partial charge in [-0.15, -0.1) is 0 Å². The van der Waals surface area contributed by atoms with E-state index in [0.717, 1.165) is 16.9 Å². The summed E-state index contributed by atoms with van der Waals surface area (Å²) >= 11 is 0. The van der Waals surface area contributed by atoms with E-state index in [4.69, 9.17) is 14.2 Å². The minimum Gasteiger partial charge on any atom is -0.497 e. The van der Waals surface area contributed by atoms with E-state index in [-0.39, 0.29) is 5.78 Å². The van der Waals surface area contributed by atoms with Crippen molar-refractivity contribution in [2.45, 2.75) is 6.92 Å². The maximum atomic E-state index is 12.3. The smallest absolute Gasteiger partial charge is 0.181 e. The van der Waals surface area contributed by atoms with Crippen molar-refractivity contribution in [1.82, 2.24) is 0 Å². The lowest BCUT2D eigenvalue weighted by molar-refractivity contribution is -0.111. The lowest BCUT2D eigenvalue weighted by atomic mass is 10.1. The number of hydrogen-bond donors (Lipinski definition) is 0. The number of ketones is 1. The molecule has 2 aromatic rings. The fourth-order valence-corrected chi connectivity index (χ4v) is 2.28. The first kappa shape index (κ1) is 18.3. The third kappa shape index (κ3) is 4.98. The fraction of sp³-hybridized carbons (Fsp3) is 0.190. The first-order valence-electron chi connectivity index (χ1n) is 7.84. The first-order valence-corrected chi connectivity index (χ1v) is 7.84. The molecule has 0 atom stereocenters. The molecule has 0 N–H and O–H groups in total. The van der Waals surface area contributed by atoms with Crippen molar-refractivity contribution in [3.05, 3.63) is 65.2 Å². The molecule has 0 aromatic heterocycles. The van der Waals surface area contributed by atoms with Crippen molar-refractivity contribution < 1.29 is 19.0 Å². The predicted molar refractivity (Wildman–Crippen MR) is 100 cm³/mol. The molecule has 0 aliphatic heterocycles. The van der Waals surface area contributed by atoms with E-state index in [9.17, 15) is 4.79 Å². The number of carbonyl (C=O) groups excluding carboxylic acids is 1. The van der Waals surface area contributed by atoms with Crippen LogP contribution >= 0.6 is 0 Å². The molecule has 0 fully saturated rings. The second-order valence-corrected chi connectivity index (χ2v) is 5.41. The summed E-state index contributed by atoms with van der Waals surface area (Å²) in [4.78, 5) is 12.3. The molecule has 0 aliphatic carbocycles. The van der Waals surface area contributed by atoms with E-state index >= 15 is 0 Å². The summed E-state index contributed by atoms with van der Waals surface area (Å²) in [6.45, 7) is 1.80. The van der Waals surface area contributed by atoms with Gasteiger partial charge in [0.2, 0.25) is 0 Å². The monoisotopic (exact) mass is 338 g/mol. The average Bonchev–Trinajstić information content (AvgIpc) is 2.66. The molecule has 0 unspecified atom stereocenters. The molecular formula is C21H22O4. The Morgan fingerprint density at radius 2 is 1.48 bits per heavy atom. The van der Waals surface area contributed by atoms with E-state index in [2.05, 4.69) is 0 Å². The highest BCUT2D eigenvalue weighted by molar-refractivity contribution is 6.08. The maximum Gasteiger partial charge on any atom is 0.181 e. The Bertz CT molecular complexity index is 786. The highest BCUT2D eigenvalue weighted by Crippen LogP contribution is 2.28. The van der Waals surface area contributed by atoms with Crippen molar-refractivity contribution in [2.24, 2.45) is 0 Å². The third-order valence-electron chi connectivity index (χ3n) is 3.72. The molecule has 0 heterocycles. The largest absolute Gasteiger partial charge is 0.497 e. The number of benzene rings is 2. The van der Waals surface area contributed by atoms with Crippen LogP contribution < -0.4 is 14.2 Å². The van der Waals surface area contributed by atoms with Gasteiger partial charge < -0.3 is 14.2 Å². The van der Waals surface area contributed by atoms with Crippen LogP contribution in [0.15, 0.2) is 54.1 Å². The Morgan fingerprint density at radius 3 is 2.08 bits per heavy atom. The highest BCUT2D eigenvalue weighted by Gasteiger charge is 2.04. The summed E-state index contributed by atoms with van der Waals surface area (Å²) in [5.41, 5.74) is 2.47. The van der Waals surface area contributed by atoms with E-state index in [0.29, 0.717) is 17.1 Å². The van der Waals surface area contributed by atoms with E-state index in [1.807, 2.05) is 48.5 Å². The van der Waals surface area contributed by atoms with Gasteiger partial charge >= 0.3 is 0 Å². The first-order chi connectivity index (χ1) is 12.1. The van der Waals surface area contributed by atoms with Crippen molar-refractivity contribution >= 4 is 17.9 Å². The topological polar surface area (TPSA) is 44.8 Å². The number of allylic oxidation sites excluding steroid dienone is 2. The maximum absolute atomic E-state index is 12.3. The molecule has 0 bridgehead atoms. The van der Waals surface area contributed by atoms with Gasteiger partial charge in [-0.3, -0.25) is 4.79 Å². The molecule has 0 saturated heterocycles. The summed E-state index contributed by atoms with van der Waals surface area (Å²) in [6, 6.07) is 13.1. The van der Waals surface area contributed by atoms with Crippen LogP contribution in [0, 0.1) is 0 Å². The summed E-state index contributed by atoms with van der Waals surface area (Å²) in [5.74, 6) is 2.02. The number of ether oxygens (including phenoxy) is 3. The molecule has 25 heavy (non-hydrogen) atoms. The predicted octanol–water partition coefficient (Wildman–Crippen LogP) is 4.40. The van der Waals surface area contributed by atoms with Crippen LogP contribution in [0.5, 0.6) is 17.2 Å². The molecule has 0 spiro atoms. The summed E-state index contributed by atoms with van der Waals surface area (Å²) < 4.78 is 15.6. The van der Waals surface area contributed by atoms with Gasteiger partial charge in [-0.1, -0.05) is 24.3 Å². The van der Waals surface area contributed by atoms with Gasteiger partial charge in [-0.05, 0) is 60.0 Å². The Balaban J connectivity index is 2.11. The van der Waals surface area contributed by atoms with Crippen LogP contribution in [-0.4, -0.2) is 27.1 Å². The molecule has 0 radical (unpaired) electrons. The van der Waals surface area contributed by atoms with E-state index < -0.39 is 0 Å². The second kappa shape index (κ2) is 8.73. The van der Waals surface area contributed by atoms with Gasteiger partial charge in [0.05, 0.1) is 21.3 Å². The van der Waals surface area contributed by atoms with Crippen LogP contribution in [0.25, 0.3) is 12.2 Å². The zero-order chi connectivity index (χ0) is 18.2. The normalized spacial score (nSPS) is 11.4. The Labute approximate surface area is 148 Å². The van der Waals surface area contributed by atoms with Crippen molar-refractivity contribution in [2.75, 3.05) is 21.3 Å². The number of rotatable bonds is 7. The minimum absolute atomic E-state index is 0.0504. The quantitative estimate of drug-likeness (QED) is 0.702. The van der Waals surface area contributed by atoms with E-state index in [1.54, 1.807) is 40.4 Å². The average molecular weight is 338 g/mol. The second-order valence-electron chi connectivity index (χ2n) is 5.41. The van der Waals surface area contributed by atoms with Crippen molar-refractivity contribution in [3.8, 4) is 17.2 Å². The highest BCUT2D eigenvalue weighted by atomic mass is 16.5. The van der Waals surface area contributed by atoms with Gasteiger partial charge in [0.1, 0.15) is 5.75 Å². The van der Waals surface area contributed by atoms with Crippen molar-refractivity contribution in [3.63, 3.8) is 0 Å². The number of hydrogen-bond acceptors (Lipinski definition) is 4. The summed E-state index contributed by atoms with van der Waals surface area (Å²) in [7, 11) is 4.79. The third-order valence-corrected chi connectivity index (χ3v) is 3.72. The van der Waals surface area contributed by atoms with Gasteiger partial charge in [0.25, 0.3) is 0 Å². The van der Waals surface area contributed by atoms with E-state index in [1.165, 1.54) is 0 Å². The molecule has 2 rings (SSSR count). The van der Waals surface area contributed by atoms with Crippen LogP contribution in [0.1, 0.15) is 18.1 Å². The van der Waals surface area contributed by atoms with Crippen LogP contribution in [0.4, 0.5) is 0 Å². The SMILES string of the molecule is COc1ccc(/C=C(\C)C(=O)/C=C/c2ccc(OC)c(OC)c2)cc1. The Morgan fingerprint density at radius 1 is 0.840 bits per heavy atom. The zero-order valence-electron chi connectivity index (χ0n) is 14.9. The van der Waals surface area contributed by atoms with Crippen LogP contribution in [0.3, 0.4) is 0 Å². The molecule has 0 aliphatic rings. The van der Waals surface area contributed by atoms with Gasteiger partial charge in [-0.25, -0.2) is 0 Å². The summed E-state index contributed by atoms with van der Waals surface area (Å²) in [6.07, 6.45) is 5.16. The number of carbonyl (C=O) groups is 1. The summed E-state index contributed by atoms with van der Waals surface area (Å²) in [5, 5.41) is 0. The van der Waals surface area contributed by atoms with Crippen LogP contribution in [-0.2, 0) is 4.79 Å². The molecular weight excluding hydrogens is 316 g/mol. The lowest BCUT2D eigenvalue weighted by Gasteiger charge is -2.07. The Kier molecular flexibility index (Phi) is 6.40. The minimum atomic E-state index is -0.0504. The fourth-order valence-electron chi connectivity index (χ4n) is 2.28. The standard InChI is InChI=1S/C21H22O4/c1-15(13-16-5-9-18(23-2)10-6-16)19(22)11-7-17-8-12-20(24-3)21(14-17)25-4/h5-14H,1-4H3/b11-7+,15-13+. The molecule has 4 heteroatoms. The Hall–Kier alpha value is -3.01. The van der Waals surface area contributed by atoms with Gasteiger partial charge in [0, 0.05) is 0 Å². The van der Waals surface area contributed by atoms with Crippen LogP contribution in [0.2, 0.25) is 0 Å². The van der Waals surface area contributed by atoms with Crippen molar-refractivity contribution in [1.29, 1.82) is 0 Å². The lowest BCUT2D eigenvalue weighted by Crippen LogP contribution is -1.94. The molecule has 0 amide bonds. The molecule has 2 aromatic carbocycles. The number of methoxy groups -OCH3 is 3. The molecule has 4 nitrogen and oxygen atoms in total. The van der Waals surface area contributed by atoms with Gasteiger partial charge in [-0.2, -0.15) is 0 Å².